The van der Waals surface area contributed by atoms with Crippen LogP contribution in [-0.4, -0.2) is 12.1 Å². The maximum absolute atomic E-state index is 12.8. The molecule has 0 aliphatic rings. The van der Waals surface area contributed by atoms with Gasteiger partial charge in [0.2, 0.25) is 0 Å². The van der Waals surface area contributed by atoms with Crippen molar-refractivity contribution in [2.75, 3.05) is 6.26 Å². The molecule has 1 aromatic rings. The molecule has 0 atom stereocenters. The average molecular weight is 198 g/mol. The number of benzene rings is 1. The summed E-state index contributed by atoms with van der Waals surface area (Å²) in [5.41, 5.74) is 6.72. The lowest BCUT2D eigenvalue weighted by atomic mass is 10.1. The summed E-state index contributed by atoms with van der Waals surface area (Å²) in [6.45, 7) is 0. The normalized spacial score (nSPS) is 10.0. The summed E-state index contributed by atoms with van der Waals surface area (Å²) in [4.78, 5) is 0. The van der Waals surface area contributed by atoms with Gasteiger partial charge in [-0.2, -0.15) is 11.8 Å². The highest BCUT2D eigenvalue weighted by molar-refractivity contribution is 7.97. The zero-order valence-corrected chi connectivity index (χ0v) is 8.12. The van der Waals surface area contributed by atoms with E-state index in [0.29, 0.717) is 5.56 Å². The van der Waals surface area contributed by atoms with Crippen LogP contribution in [0.25, 0.3) is 0 Å². The van der Waals surface area contributed by atoms with E-state index >= 15 is 0 Å². The van der Waals surface area contributed by atoms with Crippen molar-refractivity contribution in [3.8, 4) is 0 Å². The molecule has 0 bridgehead atoms. The van der Waals surface area contributed by atoms with Crippen LogP contribution < -0.4 is 5.73 Å². The predicted octanol–water partition coefficient (Wildman–Crippen LogP) is 1.97. The van der Waals surface area contributed by atoms with Crippen LogP contribution >= 0.6 is 11.8 Å². The van der Waals surface area contributed by atoms with Crippen LogP contribution in [0.3, 0.4) is 0 Å². The summed E-state index contributed by atoms with van der Waals surface area (Å²) in [5.74, 6) is 0.313. The molecule has 4 heteroatoms. The summed E-state index contributed by atoms with van der Waals surface area (Å²) in [6, 6.07) is 4.36. The number of amidine groups is 1. The Morgan fingerprint density at radius 3 is 2.85 bits per heavy atom. The molecule has 1 rings (SSSR count). The molecule has 0 spiro atoms. The van der Waals surface area contributed by atoms with Crippen LogP contribution in [0.15, 0.2) is 18.2 Å². The monoisotopic (exact) mass is 198 g/mol. The Kier molecular flexibility index (Phi) is 3.31. The van der Waals surface area contributed by atoms with Crippen molar-refractivity contribution < 1.29 is 4.39 Å². The van der Waals surface area contributed by atoms with Crippen LogP contribution in [0, 0.1) is 11.2 Å². The smallest absolute Gasteiger partial charge is 0.123 e. The molecule has 0 aliphatic carbocycles. The van der Waals surface area contributed by atoms with Gasteiger partial charge in [-0.25, -0.2) is 4.39 Å². The molecule has 2 nitrogen and oxygen atoms in total. The Balaban J connectivity index is 3.10. The Bertz CT molecular complexity index is 325. The van der Waals surface area contributed by atoms with Crippen LogP contribution in [-0.2, 0) is 5.75 Å². The molecular weight excluding hydrogens is 187 g/mol. The molecule has 0 radical (unpaired) electrons. The van der Waals surface area contributed by atoms with Gasteiger partial charge in [-0.15, -0.1) is 0 Å². The Hall–Kier alpha value is -1.03. The summed E-state index contributed by atoms with van der Waals surface area (Å²) in [6.07, 6.45) is 1.95. The first-order valence-corrected chi connectivity index (χ1v) is 5.16. The highest BCUT2D eigenvalue weighted by Crippen LogP contribution is 2.15. The topological polar surface area (TPSA) is 49.9 Å². The molecular formula is C9H11FN2S. The lowest BCUT2D eigenvalue weighted by Crippen LogP contribution is -2.13. The first-order chi connectivity index (χ1) is 6.15. The maximum Gasteiger partial charge on any atom is 0.123 e. The van der Waals surface area contributed by atoms with E-state index in [1.165, 1.54) is 12.1 Å². The molecule has 0 saturated carbocycles. The van der Waals surface area contributed by atoms with Gasteiger partial charge in [0.15, 0.2) is 0 Å². The van der Waals surface area contributed by atoms with Gasteiger partial charge in [-0.05, 0) is 24.0 Å². The van der Waals surface area contributed by atoms with Crippen LogP contribution in [0.4, 0.5) is 4.39 Å². The van der Waals surface area contributed by atoms with E-state index in [1.54, 1.807) is 17.8 Å². The van der Waals surface area contributed by atoms with Gasteiger partial charge in [-0.3, -0.25) is 5.41 Å². The Morgan fingerprint density at radius 1 is 1.62 bits per heavy atom. The van der Waals surface area contributed by atoms with E-state index in [2.05, 4.69) is 0 Å². The molecule has 0 saturated heterocycles. The van der Waals surface area contributed by atoms with Crippen molar-refractivity contribution in [1.29, 1.82) is 5.41 Å². The SMILES string of the molecule is CSCc1ccc(F)cc1C(=N)N. The highest BCUT2D eigenvalue weighted by atomic mass is 32.2. The molecule has 0 fully saturated rings. The van der Waals surface area contributed by atoms with Crippen molar-refractivity contribution in [3.63, 3.8) is 0 Å². The maximum atomic E-state index is 12.8. The molecule has 0 heterocycles. The summed E-state index contributed by atoms with van der Waals surface area (Å²) < 4.78 is 12.8. The molecule has 3 N–H and O–H groups in total. The number of nitrogens with two attached hydrogens (primary N) is 1. The molecule has 13 heavy (non-hydrogen) atoms. The van der Waals surface area contributed by atoms with E-state index in [-0.39, 0.29) is 11.7 Å². The number of nitrogens with one attached hydrogen (secondary N) is 1. The highest BCUT2D eigenvalue weighted by Gasteiger charge is 2.05. The average Bonchev–Trinajstić information content (AvgIpc) is 2.08. The van der Waals surface area contributed by atoms with Crippen LogP contribution in [0.5, 0.6) is 0 Å². The predicted molar refractivity (Wildman–Crippen MR) is 54.6 cm³/mol. The minimum atomic E-state index is -0.352. The Morgan fingerprint density at radius 2 is 2.31 bits per heavy atom. The molecule has 1 aromatic carbocycles. The molecule has 0 aromatic heterocycles. The van der Waals surface area contributed by atoms with E-state index in [4.69, 9.17) is 11.1 Å². The first kappa shape index (κ1) is 10.1. The minimum Gasteiger partial charge on any atom is -0.384 e. The number of hydrogen-bond acceptors (Lipinski definition) is 2. The van der Waals surface area contributed by atoms with E-state index in [0.717, 1.165) is 11.3 Å². The van der Waals surface area contributed by atoms with Gasteiger partial charge in [0, 0.05) is 11.3 Å². The van der Waals surface area contributed by atoms with Crippen molar-refractivity contribution in [2.45, 2.75) is 5.75 Å². The van der Waals surface area contributed by atoms with Crippen LogP contribution in [0.2, 0.25) is 0 Å². The fourth-order valence-corrected chi connectivity index (χ4v) is 1.64. The summed E-state index contributed by atoms with van der Waals surface area (Å²) in [7, 11) is 0. The minimum absolute atomic E-state index is 0.0800. The van der Waals surface area contributed by atoms with Gasteiger partial charge in [0.25, 0.3) is 0 Å². The second-order valence-corrected chi connectivity index (χ2v) is 3.51. The van der Waals surface area contributed by atoms with Gasteiger partial charge in [0.1, 0.15) is 11.7 Å². The zero-order valence-electron chi connectivity index (χ0n) is 7.30. The van der Waals surface area contributed by atoms with Gasteiger partial charge < -0.3 is 5.73 Å². The van der Waals surface area contributed by atoms with Crippen molar-refractivity contribution in [2.24, 2.45) is 5.73 Å². The molecule has 0 amide bonds. The zero-order chi connectivity index (χ0) is 9.84. The van der Waals surface area contributed by atoms with Gasteiger partial charge in [-0.1, -0.05) is 6.07 Å². The molecule has 0 unspecified atom stereocenters. The number of hydrogen-bond donors (Lipinski definition) is 2. The van der Waals surface area contributed by atoms with Crippen molar-refractivity contribution in [3.05, 3.63) is 35.1 Å². The fourth-order valence-electron chi connectivity index (χ4n) is 1.08. The van der Waals surface area contributed by atoms with Crippen molar-refractivity contribution in [1.82, 2.24) is 0 Å². The number of halogens is 1. The third-order valence-electron chi connectivity index (χ3n) is 1.66. The van der Waals surface area contributed by atoms with Crippen LogP contribution in [0.1, 0.15) is 11.1 Å². The largest absolute Gasteiger partial charge is 0.384 e. The lowest BCUT2D eigenvalue weighted by Gasteiger charge is -2.06. The summed E-state index contributed by atoms with van der Waals surface area (Å²) >= 11 is 1.62. The van der Waals surface area contributed by atoms with E-state index in [1.807, 2.05) is 6.26 Å². The lowest BCUT2D eigenvalue weighted by molar-refractivity contribution is 0.627. The van der Waals surface area contributed by atoms with Crippen molar-refractivity contribution >= 4 is 17.6 Å². The fraction of sp³-hybridized carbons (Fsp3) is 0.222. The number of rotatable bonds is 3. The van der Waals surface area contributed by atoms with E-state index in [9.17, 15) is 4.39 Å². The second-order valence-electron chi connectivity index (χ2n) is 2.65. The quantitative estimate of drug-likeness (QED) is 0.576. The van der Waals surface area contributed by atoms with Gasteiger partial charge >= 0.3 is 0 Å². The third-order valence-corrected chi connectivity index (χ3v) is 2.26. The third kappa shape index (κ3) is 2.45. The number of thioether (sulfide) groups is 1. The summed E-state index contributed by atoms with van der Waals surface area (Å²) in [5, 5.41) is 7.25. The first-order valence-electron chi connectivity index (χ1n) is 3.77. The van der Waals surface area contributed by atoms with E-state index < -0.39 is 0 Å². The standard InChI is InChI=1S/C9H11FN2S/c1-13-5-6-2-3-7(10)4-8(6)9(11)12/h2-4H,5H2,1H3,(H3,11,12). The Labute approximate surface area is 80.8 Å². The molecule has 70 valence electrons. The van der Waals surface area contributed by atoms with Gasteiger partial charge in [0.05, 0.1) is 0 Å². The number of nitrogen functional groups attached to an aromatic ring is 1. The second kappa shape index (κ2) is 4.28. The molecule has 0 aliphatic heterocycles.